The van der Waals surface area contributed by atoms with Gasteiger partial charge in [-0.15, -0.1) is 0 Å². The van der Waals surface area contributed by atoms with E-state index in [1.807, 2.05) is 36.4 Å². The standard InChI is InChI=1S/C16H15ClN2OS/c1-11(20)13-3-2-4-15(9-13)19-16(21)18-10-12-5-7-14(17)8-6-12/h2-9H,10H2,1H3,(H2,18,19,21). The topological polar surface area (TPSA) is 41.1 Å². The number of anilines is 1. The Bertz CT molecular complexity index is 656. The molecule has 0 saturated carbocycles. The number of halogens is 1. The third-order valence-corrected chi connectivity index (χ3v) is 3.39. The van der Waals surface area contributed by atoms with E-state index in [9.17, 15) is 4.79 Å². The maximum atomic E-state index is 11.3. The van der Waals surface area contributed by atoms with Crippen LogP contribution >= 0.6 is 23.8 Å². The Kier molecular flexibility index (Phi) is 5.31. The first-order valence-corrected chi connectivity index (χ1v) is 7.23. The number of hydrogen-bond acceptors (Lipinski definition) is 2. The first kappa shape index (κ1) is 15.5. The SMILES string of the molecule is CC(=O)c1cccc(NC(=S)NCc2ccc(Cl)cc2)c1. The van der Waals surface area contributed by atoms with Crippen molar-refractivity contribution in [3.8, 4) is 0 Å². The molecule has 2 rings (SSSR count). The van der Waals surface area contributed by atoms with Crippen molar-refractivity contribution >= 4 is 40.4 Å². The largest absolute Gasteiger partial charge is 0.358 e. The summed E-state index contributed by atoms with van der Waals surface area (Å²) in [6, 6.07) is 14.8. The lowest BCUT2D eigenvalue weighted by Crippen LogP contribution is -2.27. The predicted molar refractivity (Wildman–Crippen MR) is 91.0 cm³/mol. The number of ketones is 1. The van der Waals surface area contributed by atoms with Crippen LogP contribution in [0.3, 0.4) is 0 Å². The quantitative estimate of drug-likeness (QED) is 0.659. The Hall–Kier alpha value is -1.91. The van der Waals surface area contributed by atoms with Gasteiger partial charge in [-0.2, -0.15) is 0 Å². The van der Waals surface area contributed by atoms with E-state index in [4.69, 9.17) is 23.8 Å². The third-order valence-electron chi connectivity index (χ3n) is 2.89. The molecule has 0 unspecified atom stereocenters. The molecule has 2 aromatic rings. The van der Waals surface area contributed by atoms with Gasteiger partial charge in [0.1, 0.15) is 0 Å². The fourth-order valence-electron chi connectivity index (χ4n) is 1.78. The minimum Gasteiger partial charge on any atom is -0.358 e. The Labute approximate surface area is 134 Å². The second-order valence-electron chi connectivity index (χ2n) is 4.57. The van der Waals surface area contributed by atoms with E-state index >= 15 is 0 Å². The van der Waals surface area contributed by atoms with Gasteiger partial charge in [0.25, 0.3) is 0 Å². The summed E-state index contributed by atoms with van der Waals surface area (Å²) >= 11 is 11.1. The fourth-order valence-corrected chi connectivity index (χ4v) is 2.09. The highest BCUT2D eigenvalue weighted by Gasteiger charge is 2.02. The molecule has 0 aliphatic carbocycles. The van der Waals surface area contributed by atoms with Crippen LogP contribution in [0.2, 0.25) is 5.02 Å². The summed E-state index contributed by atoms with van der Waals surface area (Å²) in [4.78, 5) is 11.3. The minimum atomic E-state index is 0.0266. The van der Waals surface area contributed by atoms with Crippen molar-refractivity contribution in [2.24, 2.45) is 0 Å². The van der Waals surface area contributed by atoms with Crippen molar-refractivity contribution in [1.29, 1.82) is 0 Å². The third kappa shape index (κ3) is 4.85. The number of hydrogen-bond donors (Lipinski definition) is 2. The molecule has 5 heteroatoms. The number of benzene rings is 2. The Morgan fingerprint density at radius 3 is 2.57 bits per heavy atom. The van der Waals surface area contributed by atoms with Crippen molar-refractivity contribution < 1.29 is 4.79 Å². The van der Waals surface area contributed by atoms with Crippen LogP contribution in [0, 0.1) is 0 Å². The number of carbonyl (C=O) groups is 1. The van der Waals surface area contributed by atoms with Gasteiger partial charge in [0, 0.05) is 22.8 Å². The van der Waals surface area contributed by atoms with E-state index < -0.39 is 0 Å². The summed E-state index contributed by atoms with van der Waals surface area (Å²) < 4.78 is 0. The molecule has 0 atom stereocenters. The highest BCUT2D eigenvalue weighted by Crippen LogP contribution is 2.12. The first-order valence-electron chi connectivity index (χ1n) is 6.45. The zero-order valence-corrected chi connectivity index (χ0v) is 13.1. The van der Waals surface area contributed by atoms with E-state index in [0.717, 1.165) is 11.3 Å². The molecule has 0 amide bonds. The second-order valence-corrected chi connectivity index (χ2v) is 5.42. The van der Waals surface area contributed by atoms with Gasteiger partial charge in [0.15, 0.2) is 10.9 Å². The maximum absolute atomic E-state index is 11.3. The Balaban J connectivity index is 1.91. The van der Waals surface area contributed by atoms with Crippen LogP contribution in [0.15, 0.2) is 48.5 Å². The molecule has 3 nitrogen and oxygen atoms in total. The average Bonchev–Trinajstić information content (AvgIpc) is 2.47. The van der Waals surface area contributed by atoms with Gasteiger partial charge in [-0.3, -0.25) is 4.79 Å². The monoisotopic (exact) mass is 318 g/mol. The molecule has 0 aliphatic heterocycles. The molecule has 0 fully saturated rings. The van der Waals surface area contributed by atoms with Crippen LogP contribution in [-0.2, 0) is 6.54 Å². The van der Waals surface area contributed by atoms with Gasteiger partial charge in [0.05, 0.1) is 0 Å². The van der Waals surface area contributed by atoms with Crippen LogP contribution in [0.5, 0.6) is 0 Å². The first-order chi connectivity index (χ1) is 10.0. The van der Waals surface area contributed by atoms with Gasteiger partial charge in [-0.25, -0.2) is 0 Å². The molecule has 2 N–H and O–H groups in total. The molecular weight excluding hydrogens is 304 g/mol. The van der Waals surface area contributed by atoms with Gasteiger partial charge in [-0.1, -0.05) is 35.9 Å². The van der Waals surface area contributed by atoms with Crippen molar-refractivity contribution in [3.05, 3.63) is 64.7 Å². The van der Waals surface area contributed by atoms with E-state index in [1.165, 1.54) is 6.92 Å². The zero-order valence-electron chi connectivity index (χ0n) is 11.5. The molecule has 2 aromatic carbocycles. The lowest BCUT2D eigenvalue weighted by Gasteiger charge is -2.11. The summed E-state index contributed by atoms with van der Waals surface area (Å²) in [6.45, 7) is 2.14. The summed E-state index contributed by atoms with van der Waals surface area (Å²) in [5.74, 6) is 0.0266. The van der Waals surface area contributed by atoms with Crippen molar-refractivity contribution in [2.75, 3.05) is 5.32 Å². The number of carbonyl (C=O) groups excluding carboxylic acids is 1. The molecular formula is C16H15ClN2OS. The Morgan fingerprint density at radius 1 is 1.19 bits per heavy atom. The molecule has 21 heavy (non-hydrogen) atoms. The molecule has 0 aliphatic rings. The van der Waals surface area contributed by atoms with Crippen LogP contribution in [-0.4, -0.2) is 10.9 Å². The van der Waals surface area contributed by atoms with Crippen molar-refractivity contribution in [1.82, 2.24) is 5.32 Å². The highest BCUT2D eigenvalue weighted by molar-refractivity contribution is 7.80. The van der Waals surface area contributed by atoms with Crippen LogP contribution in [0.1, 0.15) is 22.8 Å². The average molecular weight is 319 g/mol. The number of nitrogens with one attached hydrogen (secondary N) is 2. The summed E-state index contributed by atoms with van der Waals surface area (Å²) in [5.41, 5.74) is 2.53. The highest BCUT2D eigenvalue weighted by atomic mass is 35.5. The molecule has 0 radical (unpaired) electrons. The second kappa shape index (κ2) is 7.20. The Morgan fingerprint density at radius 2 is 1.90 bits per heavy atom. The lowest BCUT2D eigenvalue weighted by molar-refractivity contribution is 0.101. The molecule has 0 spiro atoms. The summed E-state index contributed by atoms with van der Waals surface area (Å²) in [5, 5.41) is 7.38. The van der Waals surface area contributed by atoms with E-state index in [2.05, 4.69) is 10.6 Å². The van der Waals surface area contributed by atoms with E-state index in [-0.39, 0.29) is 5.78 Å². The number of rotatable bonds is 4. The fraction of sp³-hybridized carbons (Fsp3) is 0.125. The van der Waals surface area contributed by atoms with Crippen molar-refractivity contribution in [2.45, 2.75) is 13.5 Å². The predicted octanol–water partition coefficient (Wildman–Crippen LogP) is 4.03. The minimum absolute atomic E-state index is 0.0266. The zero-order chi connectivity index (χ0) is 15.2. The molecule has 108 valence electrons. The smallest absolute Gasteiger partial charge is 0.171 e. The number of Topliss-reactive ketones (excluding diaryl/α,β-unsaturated/α-hetero) is 1. The molecule has 0 aromatic heterocycles. The van der Waals surface area contributed by atoms with Gasteiger partial charge in [0.2, 0.25) is 0 Å². The molecule has 0 heterocycles. The summed E-state index contributed by atoms with van der Waals surface area (Å²) in [6.07, 6.45) is 0. The lowest BCUT2D eigenvalue weighted by atomic mass is 10.1. The van der Waals surface area contributed by atoms with Gasteiger partial charge in [-0.05, 0) is 49.0 Å². The van der Waals surface area contributed by atoms with Crippen LogP contribution in [0.4, 0.5) is 5.69 Å². The van der Waals surface area contributed by atoms with Gasteiger partial charge < -0.3 is 10.6 Å². The maximum Gasteiger partial charge on any atom is 0.171 e. The normalized spacial score (nSPS) is 10.0. The van der Waals surface area contributed by atoms with Crippen LogP contribution in [0.25, 0.3) is 0 Å². The van der Waals surface area contributed by atoms with Gasteiger partial charge >= 0.3 is 0 Å². The number of thiocarbonyl (C=S) groups is 1. The van der Waals surface area contributed by atoms with Crippen molar-refractivity contribution in [3.63, 3.8) is 0 Å². The summed E-state index contributed by atoms with van der Waals surface area (Å²) in [7, 11) is 0. The molecule has 0 bridgehead atoms. The molecule has 0 saturated heterocycles. The van der Waals surface area contributed by atoms with E-state index in [0.29, 0.717) is 22.2 Å². The van der Waals surface area contributed by atoms with Crippen LogP contribution < -0.4 is 10.6 Å². The van der Waals surface area contributed by atoms with E-state index in [1.54, 1.807) is 12.1 Å².